The summed E-state index contributed by atoms with van der Waals surface area (Å²) < 4.78 is 21.2. The SMILES string of the molecule is CCCCCCCC1(CCCCCCC)c2ccccc2-c2ccc(-c3ccc4c(c3)C(C)(C)c3cc(-c5ccc(-c6cc7c(c8c6oc6ccccc68)-c6ccc(N(c8ccc9c(c8)C(C)(C)c8cc%10c(cc8-9)C(C)(C)c8ccc9oc%11ccccc%11c9c8-%10)c8ccc9c(c8)C(C)(C)c8c%10c(c%11c(oc%12ccccc%12%11)c8-9)-c8ccccc8C%10(C)C)cc6C7(C)C)cc5)ccc3-4)cc21. The standard InChI is InChI=1S/C129H113NO3/c1-15-17-19-21-33-63-129(64-34-22-20-18-16-2)97-41-29-23-35-82(97)85-57-51-78(67-106(85)129)77-50-56-84-83-55-49-76(65-99(83)124(5,6)100(84)66-77)74-45-47-75(48-46-74)93-71-107-112(116-91-38-26-31-43-109(91)132-121(93)116)88-59-53-80(69-102(88)126(107,9)10)130(79-52-58-86-94-72-105-95(73-104(94)125(7,8)101(86)68-79)113-98(123(105,3)4)61-62-111-114(113)90-37-25-30-42-108(90)131-111)81-54-60-89-103(70-81)128(13,14)120-118(89)122-117(92-39-27-32-44-110(92)133-122)115-87-36-24-28-40-96(87)127(11,12)119(115)120/h23-32,35-62,65-73H,15-22,33-34,63-64H2,1-14H3. The molecule has 0 fully saturated rings. The summed E-state index contributed by atoms with van der Waals surface area (Å²) >= 11 is 0. The highest BCUT2D eigenvalue weighted by molar-refractivity contribution is 6.22. The summed E-state index contributed by atoms with van der Waals surface area (Å²) in [4.78, 5) is 2.59. The fraction of sp³-hybridized carbons (Fsp3) is 0.256. The molecule has 16 aromatic carbocycles. The second-order valence-electron chi connectivity index (χ2n) is 43.5. The van der Waals surface area contributed by atoms with E-state index in [0.29, 0.717) is 0 Å². The van der Waals surface area contributed by atoms with Crippen molar-refractivity contribution in [3.8, 4) is 111 Å². The minimum Gasteiger partial charge on any atom is -0.456 e. The lowest BCUT2D eigenvalue weighted by Crippen LogP contribution is -2.25. The molecule has 133 heavy (non-hydrogen) atoms. The van der Waals surface area contributed by atoms with Crippen LogP contribution >= 0.6 is 0 Å². The highest BCUT2D eigenvalue weighted by atomic mass is 16.3. The van der Waals surface area contributed by atoms with Gasteiger partial charge >= 0.3 is 0 Å². The van der Waals surface area contributed by atoms with E-state index in [0.717, 1.165) is 72.5 Å². The van der Waals surface area contributed by atoms with Crippen LogP contribution in [0.4, 0.5) is 17.1 Å². The molecule has 7 aliphatic rings. The molecule has 4 heteroatoms. The number of benzene rings is 16. The van der Waals surface area contributed by atoms with Gasteiger partial charge in [0.25, 0.3) is 0 Å². The Morgan fingerprint density at radius 1 is 0.218 bits per heavy atom. The summed E-state index contributed by atoms with van der Waals surface area (Å²) in [7, 11) is 0. The molecular weight excluding hydrogens is 1610 g/mol. The Bertz CT molecular complexity index is 8270. The first-order valence-corrected chi connectivity index (χ1v) is 49.5. The lowest BCUT2D eigenvalue weighted by molar-refractivity contribution is 0.399. The minimum absolute atomic E-state index is 0.0317. The van der Waals surface area contributed by atoms with Crippen LogP contribution in [-0.2, 0) is 37.9 Å². The van der Waals surface area contributed by atoms with E-state index in [1.807, 2.05) is 0 Å². The van der Waals surface area contributed by atoms with Crippen molar-refractivity contribution in [2.75, 3.05) is 4.90 Å². The van der Waals surface area contributed by atoms with Gasteiger partial charge in [-0.25, -0.2) is 0 Å². The van der Waals surface area contributed by atoms with E-state index >= 15 is 0 Å². The smallest absolute Gasteiger partial charge is 0.144 e. The first kappa shape index (κ1) is 80.6. The lowest BCUT2D eigenvalue weighted by atomic mass is 9.70. The highest BCUT2D eigenvalue weighted by Gasteiger charge is 2.51. The molecule has 3 heterocycles. The molecule has 3 aromatic heterocycles. The maximum absolute atomic E-state index is 7.29. The summed E-state index contributed by atoms with van der Waals surface area (Å²) in [5, 5.41) is 7.06. The van der Waals surface area contributed by atoms with E-state index in [9.17, 15) is 0 Å². The average molecular weight is 1730 g/mol. The number of unbranched alkanes of at least 4 members (excludes halogenated alkanes) is 8. The Morgan fingerprint density at radius 2 is 0.594 bits per heavy atom. The maximum Gasteiger partial charge on any atom is 0.144 e. The van der Waals surface area contributed by atoms with Crippen molar-refractivity contribution in [1.82, 2.24) is 0 Å². The summed E-state index contributed by atoms with van der Waals surface area (Å²) in [5.41, 5.74) is 51.9. The Hall–Kier alpha value is -13.3. The van der Waals surface area contributed by atoms with Crippen molar-refractivity contribution in [2.45, 2.75) is 212 Å². The Labute approximate surface area is 781 Å². The van der Waals surface area contributed by atoms with Crippen molar-refractivity contribution >= 4 is 82.9 Å². The number of hydrogen-bond donors (Lipinski definition) is 0. The van der Waals surface area contributed by atoms with Crippen LogP contribution in [0.5, 0.6) is 0 Å². The number of rotatable bonds is 18. The summed E-state index contributed by atoms with van der Waals surface area (Å²) in [5.74, 6) is 0. The molecule has 7 aliphatic carbocycles. The molecule has 0 unspecified atom stereocenters. The molecule has 19 aromatic rings. The second kappa shape index (κ2) is 28.4. The van der Waals surface area contributed by atoms with E-state index in [2.05, 4.69) is 387 Å². The second-order valence-corrected chi connectivity index (χ2v) is 43.5. The van der Waals surface area contributed by atoms with Crippen LogP contribution < -0.4 is 4.90 Å². The monoisotopic (exact) mass is 1720 g/mol. The number of para-hydroxylation sites is 3. The van der Waals surface area contributed by atoms with E-state index in [1.165, 1.54) is 265 Å². The van der Waals surface area contributed by atoms with Crippen LogP contribution in [0.3, 0.4) is 0 Å². The van der Waals surface area contributed by atoms with E-state index in [1.54, 1.807) is 11.1 Å². The molecule has 0 spiro atoms. The van der Waals surface area contributed by atoms with Gasteiger partial charge in [0.15, 0.2) is 0 Å². The third kappa shape index (κ3) is 11.0. The van der Waals surface area contributed by atoms with Gasteiger partial charge in [-0.1, -0.05) is 349 Å². The molecule has 4 nitrogen and oxygen atoms in total. The zero-order chi connectivity index (χ0) is 90.2. The van der Waals surface area contributed by atoms with Crippen molar-refractivity contribution in [1.29, 1.82) is 0 Å². The first-order valence-electron chi connectivity index (χ1n) is 49.5. The van der Waals surface area contributed by atoms with Gasteiger partial charge in [0.05, 0.1) is 0 Å². The zero-order valence-electron chi connectivity index (χ0n) is 79.3. The van der Waals surface area contributed by atoms with Crippen LogP contribution in [0.15, 0.2) is 298 Å². The maximum atomic E-state index is 7.29. The van der Waals surface area contributed by atoms with Crippen molar-refractivity contribution in [2.24, 2.45) is 0 Å². The summed E-state index contributed by atoms with van der Waals surface area (Å²) in [6.07, 6.45) is 15.4. The molecule has 26 rings (SSSR count). The third-order valence-electron chi connectivity index (χ3n) is 34.1. The van der Waals surface area contributed by atoms with E-state index in [4.69, 9.17) is 13.3 Å². The topological polar surface area (TPSA) is 42.7 Å². The van der Waals surface area contributed by atoms with Crippen LogP contribution in [0, 0.1) is 0 Å². The minimum atomic E-state index is -0.448. The predicted molar refractivity (Wildman–Crippen MR) is 558 cm³/mol. The van der Waals surface area contributed by atoms with Gasteiger partial charge in [0.1, 0.15) is 33.5 Å². The van der Waals surface area contributed by atoms with Gasteiger partial charge in [-0.3, -0.25) is 0 Å². The van der Waals surface area contributed by atoms with Gasteiger partial charge in [-0.15, -0.1) is 0 Å². The van der Waals surface area contributed by atoms with Crippen LogP contribution in [0.2, 0.25) is 0 Å². The molecule has 0 radical (unpaired) electrons. The number of furan rings is 3. The van der Waals surface area contributed by atoms with E-state index < -0.39 is 10.8 Å². The van der Waals surface area contributed by atoms with E-state index in [-0.39, 0.29) is 27.1 Å². The zero-order valence-corrected chi connectivity index (χ0v) is 79.3. The largest absolute Gasteiger partial charge is 0.456 e. The highest BCUT2D eigenvalue weighted by Crippen LogP contribution is 2.67. The van der Waals surface area contributed by atoms with Crippen molar-refractivity contribution in [3.05, 3.63) is 363 Å². The summed E-state index contributed by atoms with van der Waals surface area (Å²) in [6.45, 7) is 34.1. The Kier molecular flexibility index (Phi) is 17.2. The quantitative estimate of drug-likeness (QED) is 0.0803. The normalized spacial score (nSPS) is 16.2. The van der Waals surface area contributed by atoms with Crippen LogP contribution in [0.25, 0.3) is 177 Å². The van der Waals surface area contributed by atoms with Crippen molar-refractivity contribution < 1.29 is 13.3 Å². The number of nitrogens with zero attached hydrogens (tertiary/aromatic N) is 1. The molecule has 0 amide bonds. The van der Waals surface area contributed by atoms with Gasteiger partial charge in [-0.2, -0.15) is 0 Å². The predicted octanol–water partition coefficient (Wildman–Crippen LogP) is 36.7. The first-order chi connectivity index (χ1) is 64.4. The molecule has 0 saturated heterocycles. The molecule has 0 saturated carbocycles. The number of fused-ring (bicyclic) bond motifs is 35. The molecule has 0 atom stereocenters. The summed E-state index contributed by atoms with van der Waals surface area (Å²) in [6, 6.07) is 111. The third-order valence-corrected chi connectivity index (χ3v) is 34.1. The van der Waals surface area contributed by atoms with Gasteiger partial charge in [0.2, 0.25) is 0 Å². The van der Waals surface area contributed by atoms with Crippen molar-refractivity contribution in [3.63, 3.8) is 0 Å². The fourth-order valence-electron chi connectivity index (χ4n) is 27.2. The molecule has 0 bridgehead atoms. The average Bonchev–Trinajstić information content (AvgIpc) is 1.49. The van der Waals surface area contributed by atoms with Crippen LogP contribution in [0.1, 0.15) is 252 Å². The number of anilines is 3. The molecule has 0 N–H and O–H groups in total. The molecular formula is C129H113NO3. The van der Waals surface area contributed by atoms with Gasteiger partial charge in [-0.05, 0) is 288 Å². The molecule has 0 aliphatic heterocycles. The molecule has 652 valence electrons. The van der Waals surface area contributed by atoms with Crippen LogP contribution in [-0.4, -0.2) is 0 Å². The Balaban J connectivity index is 0.573. The fourth-order valence-corrected chi connectivity index (χ4v) is 27.2. The van der Waals surface area contributed by atoms with Gasteiger partial charge < -0.3 is 18.2 Å². The van der Waals surface area contributed by atoms with Gasteiger partial charge in [0, 0.05) is 98.4 Å². The lowest BCUT2D eigenvalue weighted by Gasteiger charge is -2.33. The Morgan fingerprint density at radius 3 is 1.21 bits per heavy atom. The number of hydrogen-bond acceptors (Lipinski definition) is 4.